The van der Waals surface area contributed by atoms with Crippen molar-refractivity contribution in [2.75, 3.05) is 7.05 Å². The van der Waals surface area contributed by atoms with Crippen LogP contribution in [0, 0.1) is 18.3 Å². The van der Waals surface area contributed by atoms with Crippen molar-refractivity contribution < 1.29 is 0 Å². The highest BCUT2D eigenvalue weighted by Gasteiger charge is 2.07. The maximum atomic E-state index is 11.4. The van der Waals surface area contributed by atoms with Crippen LogP contribution < -0.4 is 10.9 Å². The normalized spacial score (nSPS) is 10.2. The number of rotatable bonds is 4. The van der Waals surface area contributed by atoms with Gasteiger partial charge >= 0.3 is 0 Å². The van der Waals surface area contributed by atoms with Crippen molar-refractivity contribution in [2.45, 2.75) is 23.5 Å². The zero-order valence-electron chi connectivity index (χ0n) is 11.2. The van der Waals surface area contributed by atoms with Gasteiger partial charge in [-0.25, -0.2) is 4.98 Å². The number of hydrogen-bond acceptors (Lipinski definition) is 5. The van der Waals surface area contributed by atoms with Gasteiger partial charge in [0.25, 0.3) is 5.56 Å². The number of aromatic nitrogens is 2. The monoisotopic (exact) mass is 286 g/mol. The molecule has 0 amide bonds. The van der Waals surface area contributed by atoms with Crippen molar-refractivity contribution in [1.82, 2.24) is 15.3 Å². The van der Waals surface area contributed by atoms with Gasteiger partial charge in [0.15, 0.2) is 5.16 Å². The number of hydrogen-bond donors (Lipinski definition) is 2. The largest absolute Gasteiger partial charge is 0.316 e. The van der Waals surface area contributed by atoms with E-state index in [-0.39, 0.29) is 5.56 Å². The van der Waals surface area contributed by atoms with Gasteiger partial charge in [-0.2, -0.15) is 5.26 Å². The average Bonchev–Trinajstić information content (AvgIpc) is 2.39. The van der Waals surface area contributed by atoms with Gasteiger partial charge in [-0.1, -0.05) is 17.8 Å². The molecule has 2 N–H and O–H groups in total. The molecule has 102 valence electrons. The van der Waals surface area contributed by atoms with Gasteiger partial charge in [-0.3, -0.25) is 4.79 Å². The zero-order valence-corrected chi connectivity index (χ0v) is 12.0. The fourth-order valence-corrected chi connectivity index (χ4v) is 2.67. The summed E-state index contributed by atoms with van der Waals surface area (Å²) in [5, 5.41) is 12.8. The zero-order chi connectivity index (χ0) is 14.5. The Kier molecular flexibility index (Phi) is 4.56. The number of nitrogens with zero attached hydrogens (tertiary/aromatic N) is 2. The Labute approximate surface area is 121 Å². The van der Waals surface area contributed by atoms with E-state index in [9.17, 15) is 10.1 Å². The van der Waals surface area contributed by atoms with E-state index in [0.717, 1.165) is 10.5 Å². The third-order valence-electron chi connectivity index (χ3n) is 2.60. The van der Waals surface area contributed by atoms with Crippen LogP contribution in [0.5, 0.6) is 0 Å². The highest BCUT2D eigenvalue weighted by atomic mass is 32.2. The fourth-order valence-electron chi connectivity index (χ4n) is 1.77. The molecule has 0 aliphatic rings. The van der Waals surface area contributed by atoms with Crippen molar-refractivity contribution in [3.05, 3.63) is 51.4 Å². The predicted molar refractivity (Wildman–Crippen MR) is 77.6 cm³/mol. The van der Waals surface area contributed by atoms with Crippen LogP contribution in [0.1, 0.15) is 16.8 Å². The summed E-state index contributed by atoms with van der Waals surface area (Å²) in [6, 6.07) is 9.28. The molecule has 0 aliphatic carbocycles. The molecule has 0 radical (unpaired) electrons. The van der Waals surface area contributed by atoms with E-state index in [2.05, 4.69) is 21.4 Å². The Morgan fingerprint density at radius 3 is 2.90 bits per heavy atom. The molecule has 0 fully saturated rings. The van der Waals surface area contributed by atoms with E-state index in [1.807, 2.05) is 25.2 Å². The van der Waals surface area contributed by atoms with Crippen LogP contribution in [0.2, 0.25) is 0 Å². The van der Waals surface area contributed by atoms with Gasteiger partial charge < -0.3 is 10.3 Å². The Morgan fingerprint density at radius 2 is 2.25 bits per heavy atom. The highest BCUT2D eigenvalue weighted by Crippen LogP contribution is 2.28. The third kappa shape index (κ3) is 3.47. The number of aryl methyl sites for hydroxylation is 1. The standard InChI is InChI=1S/C14H14N4OS/c1-9-5-13(19)18-14(17-9)20-12-4-3-10(8-16-2)6-11(12)7-15/h3-6,16H,8H2,1-2H3,(H,17,18,19). The molecule has 0 bridgehead atoms. The molecular weight excluding hydrogens is 272 g/mol. The molecule has 0 aliphatic heterocycles. The van der Waals surface area contributed by atoms with Crippen LogP contribution in [-0.2, 0) is 6.54 Å². The van der Waals surface area contributed by atoms with Gasteiger partial charge in [0.05, 0.1) is 5.56 Å². The van der Waals surface area contributed by atoms with Crippen LogP contribution in [0.4, 0.5) is 0 Å². The molecule has 5 nitrogen and oxygen atoms in total. The highest BCUT2D eigenvalue weighted by molar-refractivity contribution is 7.99. The summed E-state index contributed by atoms with van der Waals surface area (Å²) in [5.74, 6) is 0. The Hall–Kier alpha value is -2.10. The summed E-state index contributed by atoms with van der Waals surface area (Å²) in [6.45, 7) is 2.47. The van der Waals surface area contributed by atoms with Crippen LogP contribution in [0.15, 0.2) is 39.1 Å². The second-order valence-corrected chi connectivity index (χ2v) is 5.30. The molecule has 6 heteroatoms. The predicted octanol–water partition coefficient (Wildman–Crippen LogP) is 1.82. The SMILES string of the molecule is CNCc1ccc(Sc2nc(C)cc(=O)[nH]2)c(C#N)c1. The minimum absolute atomic E-state index is 0.190. The number of nitriles is 1. The smallest absolute Gasteiger partial charge is 0.251 e. The number of nitrogens with one attached hydrogen (secondary N) is 2. The topological polar surface area (TPSA) is 81.6 Å². The van der Waals surface area contributed by atoms with E-state index in [0.29, 0.717) is 23.0 Å². The Balaban J connectivity index is 2.33. The first-order valence-corrected chi connectivity index (χ1v) is 6.87. The lowest BCUT2D eigenvalue weighted by molar-refractivity contribution is 0.816. The molecule has 1 aromatic carbocycles. The number of H-pyrrole nitrogens is 1. The second-order valence-electron chi connectivity index (χ2n) is 4.27. The third-order valence-corrected chi connectivity index (χ3v) is 3.56. The van der Waals surface area contributed by atoms with E-state index < -0.39 is 0 Å². The van der Waals surface area contributed by atoms with Crippen molar-refractivity contribution in [2.24, 2.45) is 0 Å². The molecule has 1 aromatic heterocycles. The fraction of sp³-hybridized carbons (Fsp3) is 0.214. The lowest BCUT2D eigenvalue weighted by atomic mass is 10.1. The Morgan fingerprint density at radius 1 is 1.45 bits per heavy atom. The van der Waals surface area contributed by atoms with E-state index >= 15 is 0 Å². The molecule has 0 unspecified atom stereocenters. The summed E-state index contributed by atoms with van der Waals surface area (Å²) >= 11 is 1.28. The summed E-state index contributed by atoms with van der Waals surface area (Å²) in [6.07, 6.45) is 0. The first kappa shape index (κ1) is 14.3. The second kappa shape index (κ2) is 6.37. The van der Waals surface area contributed by atoms with E-state index in [4.69, 9.17) is 0 Å². The number of aromatic amines is 1. The molecule has 0 spiro atoms. The van der Waals surface area contributed by atoms with Gasteiger partial charge in [0, 0.05) is 23.2 Å². The first-order chi connectivity index (χ1) is 9.62. The molecule has 20 heavy (non-hydrogen) atoms. The van der Waals surface area contributed by atoms with Crippen LogP contribution >= 0.6 is 11.8 Å². The lowest BCUT2D eigenvalue weighted by Gasteiger charge is -2.06. The molecule has 0 atom stereocenters. The molecule has 2 rings (SSSR count). The lowest BCUT2D eigenvalue weighted by Crippen LogP contribution is -2.08. The van der Waals surface area contributed by atoms with Crippen molar-refractivity contribution >= 4 is 11.8 Å². The molecular formula is C14H14N4OS. The summed E-state index contributed by atoms with van der Waals surface area (Å²) in [7, 11) is 1.86. The van der Waals surface area contributed by atoms with E-state index in [1.54, 1.807) is 6.92 Å². The van der Waals surface area contributed by atoms with Crippen LogP contribution in [-0.4, -0.2) is 17.0 Å². The summed E-state index contributed by atoms with van der Waals surface area (Å²) in [4.78, 5) is 19.1. The van der Waals surface area contributed by atoms with Crippen molar-refractivity contribution in [1.29, 1.82) is 5.26 Å². The maximum absolute atomic E-state index is 11.4. The summed E-state index contributed by atoms with van der Waals surface area (Å²) in [5.41, 5.74) is 2.08. The quantitative estimate of drug-likeness (QED) is 0.838. The van der Waals surface area contributed by atoms with Gasteiger partial charge in [0.2, 0.25) is 0 Å². The van der Waals surface area contributed by atoms with E-state index in [1.165, 1.54) is 17.8 Å². The number of benzene rings is 1. The van der Waals surface area contributed by atoms with Gasteiger partial charge in [-0.05, 0) is 31.7 Å². The van der Waals surface area contributed by atoms with Crippen molar-refractivity contribution in [3.63, 3.8) is 0 Å². The molecule has 2 aromatic rings. The molecule has 0 saturated carbocycles. The minimum Gasteiger partial charge on any atom is -0.316 e. The molecule has 0 saturated heterocycles. The summed E-state index contributed by atoms with van der Waals surface area (Å²) < 4.78 is 0. The minimum atomic E-state index is -0.190. The first-order valence-electron chi connectivity index (χ1n) is 6.06. The molecule has 1 heterocycles. The maximum Gasteiger partial charge on any atom is 0.251 e. The van der Waals surface area contributed by atoms with Crippen LogP contribution in [0.25, 0.3) is 0 Å². The average molecular weight is 286 g/mol. The van der Waals surface area contributed by atoms with Crippen molar-refractivity contribution in [3.8, 4) is 6.07 Å². The van der Waals surface area contributed by atoms with Gasteiger partial charge in [-0.15, -0.1) is 0 Å². The van der Waals surface area contributed by atoms with Gasteiger partial charge in [0.1, 0.15) is 6.07 Å². The Bertz CT molecular complexity index is 718. The van der Waals surface area contributed by atoms with Crippen LogP contribution in [0.3, 0.4) is 0 Å².